The number of hydrogen-bond acceptors (Lipinski definition) is 3. The van der Waals surface area contributed by atoms with Crippen LogP contribution in [0.5, 0.6) is 0 Å². The molecule has 1 fully saturated rings. The Bertz CT molecular complexity index is 590. The van der Waals surface area contributed by atoms with Gasteiger partial charge in [0, 0.05) is 18.4 Å². The third-order valence-corrected chi connectivity index (χ3v) is 3.58. The van der Waals surface area contributed by atoms with Crippen molar-refractivity contribution in [2.45, 2.75) is 25.4 Å². The molecule has 0 radical (unpaired) electrons. The first-order chi connectivity index (χ1) is 10.3. The van der Waals surface area contributed by atoms with Crippen molar-refractivity contribution < 1.29 is 9.53 Å². The minimum Gasteiger partial charge on any atom is -0.378 e. The molecule has 0 saturated carbocycles. The molecule has 1 N–H and O–H groups in total. The van der Waals surface area contributed by atoms with Crippen LogP contribution in [0.15, 0.2) is 48.7 Å². The van der Waals surface area contributed by atoms with Crippen LogP contribution in [-0.2, 0) is 9.53 Å². The van der Waals surface area contributed by atoms with Gasteiger partial charge in [-0.1, -0.05) is 30.3 Å². The fourth-order valence-electron chi connectivity index (χ4n) is 2.48. The Morgan fingerprint density at radius 2 is 2.05 bits per heavy atom. The number of carbonyl (C=O) groups excluding carboxylic acids is 1. The van der Waals surface area contributed by atoms with Gasteiger partial charge in [-0.05, 0) is 30.5 Å². The van der Waals surface area contributed by atoms with Crippen molar-refractivity contribution in [2.75, 3.05) is 11.9 Å². The molecule has 0 unspecified atom stereocenters. The lowest BCUT2D eigenvalue weighted by atomic mass is 10.1. The topological polar surface area (TPSA) is 51.2 Å². The molecule has 1 saturated heterocycles. The Kier molecular flexibility index (Phi) is 4.26. The fraction of sp³-hybridized carbons (Fsp3) is 0.294. The van der Waals surface area contributed by atoms with Crippen LogP contribution in [0.3, 0.4) is 0 Å². The van der Waals surface area contributed by atoms with Crippen molar-refractivity contribution in [1.82, 2.24) is 4.98 Å². The second-order valence-electron chi connectivity index (χ2n) is 5.19. The molecule has 0 aliphatic carbocycles. The average molecular weight is 282 g/mol. The second kappa shape index (κ2) is 6.50. The molecular formula is C17H18N2O2. The summed E-state index contributed by atoms with van der Waals surface area (Å²) in [7, 11) is 0. The zero-order valence-electron chi connectivity index (χ0n) is 11.8. The number of nitrogens with one attached hydrogen (secondary N) is 1. The predicted molar refractivity (Wildman–Crippen MR) is 81.9 cm³/mol. The molecule has 1 aliphatic rings. The SMILES string of the molecule is O=C(C[C@@H]1CCCO1)Nc1ccc(-c2ccccc2)cn1. The highest BCUT2D eigenvalue weighted by atomic mass is 16.5. The minimum absolute atomic E-state index is 0.0399. The predicted octanol–water partition coefficient (Wildman–Crippen LogP) is 3.26. The first-order valence-electron chi connectivity index (χ1n) is 7.24. The Labute approximate surface area is 124 Å². The maximum atomic E-state index is 11.9. The highest BCUT2D eigenvalue weighted by Gasteiger charge is 2.19. The first-order valence-corrected chi connectivity index (χ1v) is 7.24. The molecule has 1 aromatic heterocycles. The van der Waals surface area contributed by atoms with Gasteiger partial charge in [0.1, 0.15) is 5.82 Å². The van der Waals surface area contributed by atoms with Crippen LogP contribution in [0.25, 0.3) is 11.1 Å². The summed E-state index contributed by atoms with van der Waals surface area (Å²) in [6.07, 6.45) is 4.25. The first kappa shape index (κ1) is 13.8. The number of anilines is 1. The summed E-state index contributed by atoms with van der Waals surface area (Å²) in [5, 5.41) is 2.82. The quantitative estimate of drug-likeness (QED) is 0.936. The van der Waals surface area contributed by atoms with Crippen molar-refractivity contribution in [3.05, 3.63) is 48.7 Å². The van der Waals surface area contributed by atoms with Crippen molar-refractivity contribution in [1.29, 1.82) is 0 Å². The number of hydrogen-bond donors (Lipinski definition) is 1. The van der Waals surface area contributed by atoms with Crippen LogP contribution < -0.4 is 5.32 Å². The Morgan fingerprint density at radius 3 is 2.71 bits per heavy atom. The second-order valence-corrected chi connectivity index (χ2v) is 5.19. The number of rotatable bonds is 4. The lowest BCUT2D eigenvalue weighted by Gasteiger charge is -2.09. The Morgan fingerprint density at radius 1 is 1.19 bits per heavy atom. The van der Waals surface area contributed by atoms with E-state index in [-0.39, 0.29) is 12.0 Å². The van der Waals surface area contributed by atoms with Crippen LogP contribution >= 0.6 is 0 Å². The van der Waals surface area contributed by atoms with E-state index in [9.17, 15) is 4.79 Å². The number of aromatic nitrogens is 1. The number of benzene rings is 1. The van der Waals surface area contributed by atoms with Gasteiger partial charge in [-0.15, -0.1) is 0 Å². The van der Waals surface area contributed by atoms with Crippen LogP contribution in [0, 0.1) is 0 Å². The Balaban J connectivity index is 1.60. The van der Waals surface area contributed by atoms with Crippen molar-refractivity contribution in [3.8, 4) is 11.1 Å². The summed E-state index contributed by atoms with van der Waals surface area (Å²) >= 11 is 0. The average Bonchev–Trinajstić information content (AvgIpc) is 3.02. The standard InChI is InChI=1S/C17H18N2O2/c20-17(11-15-7-4-10-21-15)19-16-9-8-14(12-18-16)13-5-2-1-3-6-13/h1-3,5-6,8-9,12,15H,4,7,10-11H2,(H,18,19,20)/t15-/m0/s1. The summed E-state index contributed by atoms with van der Waals surface area (Å²) in [5.41, 5.74) is 2.15. The van der Waals surface area contributed by atoms with Crippen molar-refractivity contribution >= 4 is 11.7 Å². The van der Waals surface area contributed by atoms with E-state index in [2.05, 4.69) is 10.3 Å². The highest BCUT2D eigenvalue weighted by molar-refractivity contribution is 5.90. The summed E-state index contributed by atoms with van der Waals surface area (Å²) in [6, 6.07) is 13.8. The molecule has 1 aliphatic heterocycles. The molecular weight excluding hydrogens is 264 g/mol. The van der Waals surface area contributed by atoms with Gasteiger partial charge in [-0.3, -0.25) is 4.79 Å². The molecule has 4 heteroatoms. The molecule has 21 heavy (non-hydrogen) atoms. The third kappa shape index (κ3) is 3.67. The number of ether oxygens (including phenoxy) is 1. The van der Waals surface area contributed by atoms with Gasteiger partial charge < -0.3 is 10.1 Å². The van der Waals surface area contributed by atoms with E-state index in [1.807, 2.05) is 42.5 Å². The van der Waals surface area contributed by atoms with Crippen LogP contribution in [-0.4, -0.2) is 23.6 Å². The van der Waals surface area contributed by atoms with E-state index in [0.717, 1.165) is 30.6 Å². The summed E-state index contributed by atoms with van der Waals surface area (Å²) < 4.78 is 5.46. The fourth-order valence-corrected chi connectivity index (χ4v) is 2.48. The molecule has 1 aromatic carbocycles. The van der Waals surface area contributed by atoms with E-state index >= 15 is 0 Å². The molecule has 2 aromatic rings. The molecule has 1 atom stereocenters. The maximum absolute atomic E-state index is 11.9. The van der Waals surface area contributed by atoms with Gasteiger partial charge in [0.2, 0.25) is 5.91 Å². The van der Waals surface area contributed by atoms with E-state index in [4.69, 9.17) is 4.74 Å². The highest BCUT2D eigenvalue weighted by Crippen LogP contribution is 2.20. The van der Waals surface area contributed by atoms with Gasteiger partial charge in [0.25, 0.3) is 0 Å². The molecule has 2 heterocycles. The molecule has 1 amide bonds. The van der Waals surface area contributed by atoms with E-state index in [1.165, 1.54) is 0 Å². The third-order valence-electron chi connectivity index (χ3n) is 3.58. The van der Waals surface area contributed by atoms with Crippen molar-refractivity contribution in [3.63, 3.8) is 0 Å². The summed E-state index contributed by atoms with van der Waals surface area (Å²) in [5.74, 6) is 0.541. The van der Waals surface area contributed by atoms with E-state index in [0.29, 0.717) is 12.2 Å². The molecule has 4 nitrogen and oxygen atoms in total. The zero-order valence-corrected chi connectivity index (χ0v) is 11.8. The van der Waals surface area contributed by atoms with Crippen LogP contribution in [0.2, 0.25) is 0 Å². The molecule has 0 spiro atoms. The van der Waals surface area contributed by atoms with Crippen LogP contribution in [0.1, 0.15) is 19.3 Å². The molecule has 3 rings (SSSR count). The Hall–Kier alpha value is -2.20. The van der Waals surface area contributed by atoms with Crippen molar-refractivity contribution in [2.24, 2.45) is 0 Å². The number of pyridine rings is 1. The molecule has 108 valence electrons. The van der Waals surface area contributed by atoms with Gasteiger partial charge >= 0.3 is 0 Å². The zero-order chi connectivity index (χ0) is 14.5. The van der Waals surface area contributed by atoms with Gasteiger partial charge in [0.05, 0.1) is 12.5 Å². The number of carbonyl (C=O) groups is 1. The lowest BCUT2D eigenvalue weighted by molar-refractivity contribution is -0.118. The van der Waals surface area contributed by atoms with Gasteiger partial charge in [-0.25, -0.2) is 4.98 Å². The lowest BCUT2D eigenvalue weighted by Crippen LogP contribution is -2.19. The number of nitrogens with zero attached hydrogens (tertiary/aromatic N) is 1. The molecule has 0 bridgehead atoms. The number of amides is 1. The monoisotopic (exact) mass is 282 g/mol. The van der Waals surface area contributed by atoms with E-state index in [1.54, 1.807) is 6.20 Å². The summed E-state index contributed by atoms with van der Waals surface area (Å²) in [6.45, 7) is 0.766. The largest absolute Gasteiger partial charge is 0.378 e. The maximum Gasteiger partial charge on any atom is 0.228 e. The van der Waals surface area contributed by atoms with E-state index < -0.39 is 0 Å². The summed E-state index contributed by atoms with van der Waals surface area (Å²) in [4.78, 5) is 16.2. The smallest absolute Gasteiger partial charge is 0.228 e. The minimum atomic E-state index is -0.0399. The normalized spacial score (nSPS) is 17.6. The van der Waals surface area contributed by atoms with Gasteiger partial charge in [0.15, 0.2) is 0 Å². The van der Waals surface area contributed by atoms with Gasteiger partial charge in [-0.2, -0.15) is 0 Å². The van der Waals surface area contributed by atoms with Crippen LogP contribution in [0.4, 0.5) is 5.82 Å².